The average molecular weight is 236 g/mol. The van der Waals surface area contributed by atoms with Crippen LogP contribution in [0, 0.1) is 12.7 Å². The molecule has 0 fully saturated rings. The van der Waals surface area contributed by atoms with Gasteiger partial charge in [0.05, 0.1) is 10.7 Å². The van der Waals surface area contributed by atoms with E-state index in [2.05, 4.69) is 0 Å². The van der Waals surface area contributed by atoms with E-state index in [-0.39, 0.29) is 5.82 Å². The zero-order chi connectivity index (χ0) is 11.7. The van der Waals surface area contributed by atoms with Crippen LogP contribution >= 0.6 is 11.6 Å². The first-order chi connectivity index (χ1) is 7.58. The van der Waals surface area contributed by atoms with Gasteiger partial charge in [-0.15, -0.1) is 0 Å². The molecule has 0 unspecified atom stereocenters. The predicted octanol–water partition coefficient (Wildman–Crippen LogP) is 4.04. The highest BCUT2D eigenvalue weighted by Crippen LogP contribution is 2.27. The van der Waals surface area contributed by atoms with Crippen molar-refractivity contribution in [3.63, 3.8) is 0 Å². The molecule has 2 aromatic carbocycles. The Labute approximate surface area is 98.7 Å². The van der Waals surface area contributed by atoms with Crippen molar-refractivity contribution < 1.29 is 4.39 Å². The maximum atomic E-state index is 13.1. The summed E-state index contributed by atoms with van der Waals surface area (Å²) in [6.07, 6.45) is 0. The Morgan fingerprint density at radius 2 is 1.69 bits per heavy atom. The minimum absolute atomic E-state index is 0.203. The van der Waals surface area contributed by atoms with Crippen LogP contribution in [0.5, 0.6) is 0 Å². The molecule has 0 aliphatic carbocycles. The fourth-order valence-corrected chi connectivity index (χ4v) is 1.67. The molecule has 0 heterocycles. The van der Waals surface area contributed by atoms with Crippen LogP contribution in [-0.2, 0) is 0 Å². The summed E-state index contributed by atoms with van der Waals surface area (Å²) in [5, 5.41) is 0.530. The van der Waals surface area contributed by atoms with Gasteiger partial charge >= 0.3 is 0 Å². The van der Waals surface area contributed by atoms with Crippen molar-refractivity contribution in [2.24, 2.45) is 0 Å². The Morgan fingerprint density at radius 1 is 1.06 bits per heavy atom. The number of benzene rings is 2. The zero-order valence-electron chi connectivity index (χ0n) is 8.80. The van der Waals surface area contributed by atoms with E-state index in [1.807, 2.05) is 6.07 Å². The van der Waals surface area contributed by atoms with Crippen molar-refractivity contribution in [2.75, 3.05) is 5.73 Å². The third-order valence-corrected chi connectivity index (χ3v) is 2.83. The monoisotopic (exact) mass is 235 g/mol. The van der Waals surface area contributed by atoms with Crippen LogP contribution in [-0.4, -0.2) is 0 Å². The molecule has 16 heavy (non-hydrogen) atoms. The zero-order valence-corrected chi connectivity index (χ0v) is 9.55. The van der Waals surface area contributed by atoms with E-state index in [0.29, 0.717) is 16.3 Å². The van der Waals surface area contributed by atoms with Gasteiger partial charge in [0.2, 0.25) is 0 Å². The van der Waals surface area contributed by atoms with Crippen molar-refractivity contribution in [1.29, 1.82) is 0 Å². The fourth-order valence-electron chi connectivity index (χ4n) is 1.55. The first-order valence-electron chi connectivity index (χ1n) is 4.89. The molecule has 0 saturated carbocycles. The summed E-state index contributed by atoms with van der Waals surface area (Å²) in [5.74, 6) is -0.203. The van der Waals surface area contributed by atoms with Crippen molar-refractivity contribution >= 4 is 17.3 Å². The topological polar surface area (TPSA) is 26.0 Å². The van der Waals surface area contributed by atoms with Gasteiger partial charge < -0.3 is 5.73 Å². The molecule has 0 atom stereocenters. The van der Waals surface area contributed by atoms with Crippen molar-refractivity contribution in [2.45, 2.75) is 6.92 Å². The summed E-state index contributed by atoms with van der Waals surface area (Å²) in [6.45, 7) is 1.73. The molecule has 2 aromatic rings. The van der Waals surface area contributed by atoms with Gasteiger partial charge in [-0.05, 0) is 47.9 Å². The number of hydrogen-bond acceptors (Lipinski definition) is 1. The Bertz CT molecular complexity index is 488. The standard InChI is InChI=1S/C13H11ClFN/c1-8-6-9(3-5-12(8)15)10-2-4-11(14)13(16)7-10/h2-7H,16H2,1H3. The Balaban J connectivity index is 2.50. The highest BCUT2D eigenvalue weighted by atomic mass is 35.5. The minimum Gasteiger partial charge on any atom is -0.398 e. The summed E-state index contributed by atoms with van der Waals surface area (Å²) in [7, 11) is 0. The van der Waals surface area contributed by atoms with Gasteiger partial charge in [0, 0.05) is 0 Å². The quantitative estimate of drug-likeness (QED) is 0.742. The summed E-state index contributed by atoms with van der Waals surface area (Å²) < 4.78 is 13.1. The Morgan fingerprint density at radius 3 is 2.31 bits per heavy atom. The largest absolute Gasteiger partial charge is 0.398 e. The summed E-state index contributed by atoms with van der Waals surface area (Å²) in [6, 6.07) is 10.4. The van der Waals surface area contributed by atoms with Crippen LogP contribution in [0.1, 0.15) is 5.56 Å². The van der Waals surface area contributed by atoms with Gasteiger partial charge in [-0.25, -0.2) is 4.39 Å². The van der Waals surface area contributed by atoms with Gasteiger partial charge in [-0.3, -0.25) is 0 Å². The molecular weight excluding hydrogens is 225 g/mol. The van der Waals surface area contributed by atoms with Crippen molar-refractivity contribution in [3.05, 3.63) is 52.8 Å². The molecule has 0 aliphatic heterocycles. The van der Waals surface area contributed by atoms with Gasteiger partial charge in [0.25, 0.3) is 0 Å². The molecule has 0 spiro atoms. The molecule has 82 valence electrons. The molecular formula is C13H11ClFN. The predicted molar refractivity (Wildman–Crippen MR) is 66.0 cm³/mol. The highest BCUT2D eigenvalue weighted by Gasteiger charge is 2.03. The molecule has 0 bridgehead atoms. The van der Waals surface area contributed by atoms with Gasteiger partial charge in [-0.1, -0.05) is 23.7 Å². The van der Waals surface area contributed by atoms with Crippen molar-refractivity contribution in [1.82, 2.24) is 0 Å². The lowest BCUT2D eigenvalue weighted by molar-refractivity contribution is 0.619. The van der Waals surface area contributed by atoms with E-state index in [1.165, 1.54) is 6.07 Å². The van der Waals surface area contributed by atoms with Crippen molar-refractivity contribution in [3.8, 4) is 11.1 Å². The number of nitrogen functional groups attached to an aromatic ring is 1. The number of nitrogens with two attached hydrogens (primary N) is 1. The summed E-state index contributed by atoms with van der Waals surface area (Å²) in [4.78, 5) is 0. The maximum Gasteiger partial charge on any atom is 0.126 e. The number of rotatable bonds is 1. The minimum atomic E-state index is -0.203. The summed E-state index contributed by atoms with van der Waals surface area (Å²) in [5.41, 5.74) is 8.73. The van der Waals surface area contributed by atoms with Crippen LogP contribution < -0.4 is 5.73 Å². The van der Waals surface area contributed by atoms with E-state index in [9.17, 15) is 4.39 Å². The van der Waals surface area contributed by atoms with Gasteiger partial charge in [0.1, 0.15) is 5.82 Å². The van der Waals surface area contributed by atoms with Crippen LogP contribution in [0.2, 0.25) is 5.02 Å². The van der Waals surface area contributed by atoms with E-state index in [1.54, 1.807) is 31.2 Å². The van der Waals surface area contributed by atoms with E-state index in [4.69, 9.17) is 17.3 Å². The van der Waals surface area contributed by atoms with Gasteiger partial charge in [-0.2, -0.15) is 0 Å². The first-order valence-corrected chi connectivity index (χ1v) is 5.27. The average Bonchev–Trinajstić information content (AvgIpc) is 2.26. The number of hydrogen-bond donors (Lipinski definition) is 1. The number of anilines is 1. The van der Waals surface area contributed by atoms with E-state index >= 15 is 0 Å². The fraction of sp³-hybridized carbons (Fsp3) is 0.0769. The molecule has 1 nitrogen and oxygen atoms in total. The van der Waals surface area contributed by atoms with Crippen LogP contribution in [0.4, 0.5) is 10.1 Å². The number of aryl methyl sites for hydroxylation is 1. The highest BCUT2D eigenvalue weighted by molar-refractivity contribution is 6.33. The third kappa shape index (κ3) is 2.02. The van der Waals surface area contributed by atoms with Crippen LogP contribution in [0.3, 0.4) is 0 Å². The normalized spacial score (nSPS) is 10.4. The molecule has 2 N–H and O–H groups in total. The maximum absolute atomic E-state index is 13.1. The molecule has 3 heteroatoms. The third-order valence-electron chi connectivity index (χ3n) is 2.49. The smallest absolute Gasteiger partial charge is 0.126 e. The summed E-state index contributed by atoms with van der Waals surface area (Å²) >= 11 is 5.84. The molecule has 0 amide bonds. The molecule has 0 saturated heterocycles. The lowest BCUT2D eigenvalue weighted by atomic mass is 10.0. The Kier molecular flexibility index (Phi) is 2.84. The van der Waals surface area contributed by atoms with Gasteiger partial charge in [0.15, 0.2) is 0 Å². The lowest BCUT2D eigenvalue weighted by Gasteiger charge is -2.06. The number of halogens is 2. The lowest BCUT2D eigenvalue weighted by Crippen LogP contribution is -1.88. The second kappa shape index (κ2) is 4.14. The molecule has 0 aliphatic rings. The SMILES string of the molecule is Cc1cc(-c2ccc(Cl)c(N)c2)ccc1F. The Hall–Kier alpha value is -1.54. The van der Waals surface area contributed by atoms with Crippen LogP contribution in [0.15, 0.2) is 36.4 Å². The molecule has 0 radical (unpaired) electrons. The molecule has 2 rings (SSSR count). The second-order valence-electron chi connectivity index (χ2n) is 3.70. The first kappa shape index (κ1) is 11.0. The van der Waals surface area contributed by atoms with E-state index in [0.717, 1.165) is 11.1 Å². The second-order valence-corrected chi connectivity index (χ2v) is 4.11. The molecule has 0 aromatic heterocycles. The van der Waals surface area contributed by atoms with E-state index < -0.39 is 0 Å². The van der Waals surface area contributed by atoms with Crippen LogP contribution in [0.25, 0.3) is 11.1 Å².